The van der Waals surface area contributed by atoms with Crippen LogP contribution in [0.4, 0.5) is 0 Å². The Morgan fingerprint density at radius 3 is 2.67 bits per heavy atom. The third-order valence-electron chi connectivity index (χ3n) is 5.10. The van der Waals surface area contributed by atoms with E-state index in [0.717, 1.165) is 30.8 Å². The van der Waals surface area contributed by atoms with E-state index in [9.17, 15) is 4.79 Å². The smallest absolute Gasteiger partial charge is 0.237 e. The molecule has 3 aromatic rings. The lowest BCUT2D eigenvalue weighted by molar-refractivity contribution is -0.129. The Morgan fingerprint density at radius 2 is 1.85 bits per heavy atom. The molecule has 1 fully saturated rings. The molecule has 138 valence electrons. The van der Waals surface area contributed by atoms with Gasteiger partial charge in [-0.2, -0.15) is 5.10 Å². The summed E-state index contributed by atoms with van der Waals surface area (Å²) < 4.78 is 1.92. The minimum absolute atomic E-state index is 0.108. The van der Waals surface area contributed by atoms with Gasteiger partial charge in [0.25, 0.3) is 0 Å². The van der Waals surface area contributed by atoms with Gasteiger partial charge in [-0.3, -0.25) is 9.69 Å². The van der Waals surface area contributed by atoms with Gasteiger partial charge in [0, 0.05) is 31.4 Å². The van der Waals surface area contributed by atoms with E-state index < -0.39 is 0 Å². The van der Waals surface area contributed by atoms with Crippen molar-refractivity contribution < 1.29 is 4.79 Å². The van der Waals surface area contributed by atoms with Gasteiger partial charge >= 0.3 is 0 Å². The lowest BCUT2D eigenvalue weighted by atomic mass is 10.0. The van der Waals surface area contributed by atoms with Crippen LogP contribution in [0.2, 0.25) is 0 Å². The van der Waals surface area contributed by atoms with E-state index in [0.29, 0.717) is 6.54 Å². The Kier molecular flexibility index (Phi) is 5.03. The molecule has 0 unspecified atom stereocenters. The molecule has 0 aliphatic carbocycles. The number of amides is 1. The molecule has 0 saturated carbocycles. The maximum atomic E-state index is 12.5. The number of aromatic nitrogens is 2. The van der Waals surface area contributed by atoms with Gasteiger partial charge in [-0.1, -0.05) is 48.5 Å². The molecule has 1 aromatic heterocycles. The third kappa shape index (κ3) is 3.93. The number of hydrogen-bond donors (Lipinski definition) is 1. The first-order valence-electron chi connectivity index (χ1n) is 9.36. The Morgan fingerprint density at radius 1 is 1.07 bits per heavy atom. The van der Waals surface area contributed by atoms with Crippen molar-refractivity contribution in [3.63, 3.8) is 0 Å². The Bertz CT molecular complexity index is 919. The summed E-state index contributed by atoms with van der Waals surface area (Å²) >= 11 is 0. The molecule has 5 heteroatoms. The molecule has 1 saturated heterocycles. The number of nitrogens with zero attached hydrogens (tertiary/aromatic N) is 3. The van der Waals surface area contributed by atoms with Gasteiger partial charge < -0.3 is 5.32 Å². The highest BCUT2D eigenvalue weighted by atomic mass is 16.2. The second-order valence-corrected chi connectivity index (χ2v) is 7.05. The van der Waals surface area contributed by atoms with Gasteiger partial charge in [-0.25, -0.2) is 4.68 Å². The number of para-hydroxylation sites is 1. The number of rotatable bonds is 5. The quantitative estimate of drug-likeness (QED) is 0.761. The van der Waals surface area contributed by atoms with Crippen LogP contribution >= 0.6 is 0 Å². The lowest BCUT2D eigenvalue weighted by Gasteiger charge is -2.34. The fourth-order valence-corrected chi connectivity index (χ4v) is 3.64. The normalized spacial score (nSPS) is 17.7. The minimum Gasteiger partial charge on any atom is -0.353 e. The molecular formula is C22H24N4O. The topological polar surface area (TPSA) is 50.2 Å². The van der Waals surface area contributed by atoms with Crippen LogP contribution in [-0.4, -0.2) is 39.7 Å². The van der Waals surface area contributed by atoms with Gasteiger partial charge in [0.05, 0.1) is 17.9 Å². The Hall–Kier alpha value is -2.92. The van der Waals surface area contributed by atoms with E-state index in [1.54, 1.807) is 0 Å². The molecular weight excluding hydrogens is 336 g/mol. The lowest BCUT2D eigenvalue weighted by Crippen LogP contribution is -2.55. The molecule has 1 atom stereocenters. The molecule has 4 rings (SSSR count). The number of piperazine rings is 1. The maximum absolute atomic E-state index is 12.5. The van der Waals surface area contributed by atoms with E-state index in [4.69, 9.17) is 0 Å². The average Bonchev–Trinajstić information content (AvgIpc) is 3.14. The summed E-state index contributed by atoms with van der Waals surface area (Å²) in [4.78, 5) is 14.8. The number of carbonyl (C=O) groups is 1. The average molecular weight is 360 g/mol. The van der Waals surface area contributed by atoms with Crippen LogP contribution in [0.15, 0.2) is 67.0 Å². The number of carbonyl (C=O) groups excluding carboxylic acids is 1. The van der Waals surface area contributed by atoms with E-state index in [1.165, 1.54) is 11.1 Å². The zero-order valence-corrected chi connectivity index (χ0v) is 15.5. The summed E-state index contributed by atoms with van der Waals surface area (Å²) in [6.45, 7) is 4.34. The fraction of sp³-hybridized carbons (Fsp3) is 0.273. The summed E-state index contributed by atoms with van der Waals surface area (Å²) in [5.41, 5.74) is 4.57. The van der Waals surface area contributed by atoms with E-state index in [1.807, 2.05) is 41.2 Å². The largest absolute Gasteiger partial charge is 0.353 e. The van der Waals surface area contributed by atoms with Crippen molar-refractivity contribution >= 4 is 5.91 Å². The zero-order chi connectivity index (χ0) is 18.6. The van der Waals surface area contributed by atoms with E-state index >= 15 is 0 Å². The van der Waals surface area contributed by atoms with Crippen molar-refractivity contribution in [2.24, 2.45) is 0 Å². The van der Waals surface area contributed by atoms with Crippen molar-refractivity contribution in [1.29, 1.82) is 0 Å². The van der Waals surface area contributed by atoms with Gasteiger partial charge in [-0.05, 0) is 30.5 Å². The van der Waals surface area contributed by atoms with Gasteiger partial charge in [0.15, 0.2) is 0 Å². The first-order chi connectivity index (χ1) is 13.2. The number of hydrogen-bond acceptors (Lipinski definition) is 3. The van der Waals surface area contributed by atoms with Crippen LogP contribution in [0.1, 0.15) is 16.7 Å². The molecule has 5 nitrogen and oxygen atoms in total. The Balaban J connectivity index is 1.52. The highest BCUT2D eigenvalue weighted by molar-refractivity contribution is 5.82. The summed E-state index contributed by atoms with van der Waals surface area (Å²) in [7, 11) is 0. The van der Waals surface area contributed by atoms with Gasteiger partial charge in [0.2, 0.25) is 5.91 Å². The van der Waals surface area contributed by atoms with Crippen LogP contribution in [0.25, 0.3) is 5.69 Å². The van der Waals surface area contributed by atoms with Crippen LogP contribution in [0, 0.1) is 6.92 Å². The molecule has 0 spiro atoms. The summed E-state index contributed by atoms with van der Waals surface area (Å²) in [6.07, 6.45) is 4.69. The second-order valence-electron chi connectivity index (χ2n) is 7.05. The molecule has 1 amide bonds. The summed E-state index contributed by atoms with van der Waals surface area (Å²) in [5.74, 6) is 0.108. The standard InChI is InChI=1S/C22H24N4O/c1-17-7-5-6-10-20(17)26-16-19(14-24-26)15-25-12-11-23-22(27)21(25)13-18-8-3-2-4-9-18/h2-10,14,16,21H,11-13,15H2,1H3,(H,23,27)/t21-/m0/s1. The van der Waals surface area contributed by atoms with Crippen molar-refractivity contribution in [2.45, 2.75) is 25.9 Å². The SMILES string of the molecule is Cc1ccccc1-n1cc(CN2CCNC(=O)[C@@H]2Cc2ccccc2)cn1. The molecule has 1 aliphatic heterocycles. The predicted molar refractivity (Wildman–Crippen MR) is 106 cm³/mol. The summed E-state index contributed by atoms with van der Waals surface area (Å²) in [5, 5.41) is 7.54. The molecule has 1 aliphatic rings. The molecule has 27 heavy (non-hydrogen) atoms. The van der Waals surface area contributed by atoms with Crippen LogP contribution in [0.5, 0.6) is 0 Å². The van der Waals surface area contributed by atoms with Gasteiger partial charge in [0.1, 0.15) is 0 Å². The van der Waals surface area contributed by atoms with Crippen molar-refractivity contribution in [3.8, 4) is 5.69 Å². The maximum Gasteiger partial charge on any atom is 0.237 e. The van der Waals surface area contributed by atoms with Crippen LogP contribution in [0.3, 0.4) is 0 Å². The number of benzene rings is 2. The predicted octanol–water partition coefficient (Wildman–Crippen LogP) is 2.72. The van der Waals surface area contributed by atoms with Crippen LogP contribution in [-0.2, 0) is 17.8 Å². The van der Waals surface area contributed by atoms with Crippen LogP contribution < -0.4 is 5.32 Å². The Labute approximate surface area is 159 Å². The molecule has 2 heterocycles. The molecule has 2 aromatic carbocycles. The highest BCUT2D eigenvalue weighted by Gasteiger charge is 2.29. The first kappa shape index (κ1) is 17.5. The van der Waals surface area contributed by atoms with Crippen molar-refractivity contribution in [3.05, 3.63) is 83.7 Å². The molecule has 1 N–H and O–H groups in total. The molecule has 0 bridgehead atoms. The van der Waals surface area contributed by atoms with Gasteiger partial charge in [-0.15, -0.1) is 0 Å². The number of aryl methyl sites for hydroxylation is 1. The minimum atomic E-state index is -0.150. The monoisotopic (exact) mass is 360 g/mol. The van der Waals surface area contributed by atoms with E-state index in [-0.39, 0.29) is 11.9 Å². The van der Waals surface area contributed by atoms with Crippen molar-refractivity contribution in [2.75, 3.05) is 13.1 Å². The van der Waals surface area contributed by atoms with E-state index in [2.05, 4.69) is 52.7 Å². The first-order valence-corrected chi connectivity index (χ1v) is 9.36. The molecule has 0 radical (unpaired) electrons. The second kappa shape index (κ2) is 7.76. The van der Waals surface area contributed by atoms with Crippen molar-refractivity contribution in [1.82, 2.24) is 20.0 Å². The highest BCUT2D eigenvalue weighted by Crippen LogP contribution is 2.17. The summed E-state index contributed by atoms with van der Waals surface area (Å²) in [6, 6.07) is 18.3. The zero-order valence-electron chi connectivity index (χ0n) is 15.5. The third-order valence-corrected chi connectivity index (χ3v) is 5.10. The number of nitrogens with one attached hydrogen (secondary N) is 1. The fourth-order valence-electron chi connectivity index (χ4n) is 3.64.